The van der Waals surface area contributed by atoms with Gasteiger partial charge in [0.2, 0.25) is 0 Å². The molecule has 1 N–H and O–H groups in total. The highest BCUT2D eigenvalue weighted by atomic mass is 15.3. The smallest absolute Gasteiger partial charge is 0.138 e. The Morgan fingerprint density at radius 3 is 2.80 bits per heavy atom. The summed E-state index contributed by atoms with van der Waals surface area (Å²) in [5.41, 5.74) is 0. The van der Waals surface area contributed by atoms with Gasteiger partial charge >= 0.3 is 0 Å². The van der Waals surface area contributed by atoms with Gasteiger partial charge in [-0.05, 0) is 58.0 Å². The van der Waals surface area contributed by atoms with Crippen LogP contribution in [0.3, 0.4) is 0 Å². The van der Waals surface area contributed by atoms with Crippen molar-refractivity contribution in [1.82, 2.24) is 20.1 Å². The lowest BCUT2D eigenvalue weighted by molar-refractivity contribution is 0.169. The summed E-state index contributed by atoms with van der Waals surface area (Å²) >= 11 is 0. The molecule has 0 aromatic carbocycles. The van der Waals surface area contributed by atoms with Crippen molar-refractivity contribution in [1.29, 1.82) is 0 Å². The van der Waals surface area contributed by atoms with Crippen LogP contribution < -0.4 is 5.32 Å². The molecule has 0 aliphatic heterocycles. The van der Waals surface area contributed by atoms with E-state index in [-0.39, 0.29) is 0 Å². The van der Waals surface area contributed by atoms with Gasteiger partial charge in [0, 0.05) is 12.5 Å². The van der Waals surface area contributed by atoms with Crippen LogP contribution in [0.15, 0.2) is 6.33 Å². The van der Waals surface area contributed by atoms with Crippen LogP contribution in [0.4, 0.5) is 0 Å². The molecule has 1 fully saturated rings. The van der Waals surface area contributed by atoms with E-state index in [1.165, 1.54) is 31.5 Å². The molecule has 1 saturated carbocycles. The molecule has 0 amide bonds. The van der Waals surface area contributed by atoms with Crippen molar-refractivity contribution in [2.45, 2.75) is 58.9 Å². The number of hydrogen-bond donors (Lipinski definition) is 1. The van der Waals surface area contributed by atoms with E-state index in [9.17, 15) is 0 Å². The van der Waals surface area contributed by atoms with Gasteiger partial charge in [0.05, 0.1) is 0 Å². The second-order valence-corrected chi connectivity index (χ2v) is 6.58. The highest BCUT2D eigenvalue weighted by Crippen LogP contribution is 2.37. The summed E-state index contributed by atoms with van der Waals surface area (Å²) in [6.45, 7) is 7.83. The Morgan fingerprint density at radius 1 is 1.35 bits per heavy atom. The minimum absolute atomic E-state index is 0.404. The van der Waals surface area contributed by atoms with Gasteiger partial charge in [-0.25, -0.2) is 9.67 Å². The molecule has 1 aliphatic rings. The summed E-state index contributed by atoms with van der Waals surface area (Å²) in [5.74, 6) is 3.62. The van der Waals surface area contributed by atoms with E-state index in [4.69, 9.17) is 0 Å². The molecule has 0 radical (unpaired) electrons. The molecular weight excluding hydrogens is 248 g/mol. The van der Waals surface area contributed by atoms with Crippen molar-refractivity contribution in [2.24, 2.45) is 17.8 Å². The molecule has 3 unspecified atom stereocenters. The normalized spacial score (nSPS) is 27.1. The summed E-state index contributed by atoms with van der Waals surface area (Å²) in [6.07, 6.45) is 8.23. The average molecular weight is 278 g/mol. The fourth-order valence-corrected chi connectivity index (χ4v) is 3.66. The first-order valence-corrected chi connectivity index (χ1v) is 8.18. The molecule has 1 aromatic heterocycles. The van der Waals surface area contributed by atoms with Crippen molar-refractivity contribution in [2.75, 3.05) is 13.6 Å². The fraction of sp³-hybridized carbons (Fsp3) is 0.875. The van der Waals surface area contributed by atoms with Gasteiger partial charge in [-0.3, -0.25) is 0 Å². The minimum atomic E-state index is 0.404. The maximum Gasteiger partial charge on any atom is 0.138 e. The maximum absolute atomic E-state index is 4.51. The van der Waals surface area contributed by atoms with Gasteiger partial charge < -0.3 is 5.32 Å². The predicted molar refractivity (Wildman–Crippen MR) is 82.6 cm³/mol. The zero-order valence-electron chi connectivity index (χ0n) is 13.5. The first-order chi connectivity index (χ1) is 9.65. The molecule has 1 aromatic rings. The molecule has 4 nitrogen and oxygen atoms in total. The predicted octanol–water partition coefficient (Wildman–Crippen LogP) is 3.06. The lowest BCUT2D eigenvalue weighted by atomic mass is 9.71. The first kappa shape index (κ1) is 15.5. The second-order valence-electron chi connectivity index (χ2n) is 6.58. The molecule has 0 bridgehead atoms. The van der Waals surface area contributed by atoms with Crippen LogP contribution in [0.1, 0.15) is 58.3 Å². The quantitative estimate of drug-likeness (QED) is 0.869. The van der Waals surface area contributed by atoms with Crippen LogP contribution in [0.25, 0.3) is 0 Å². The van der Waals surface area contributed by atoms with E-state index < -0.39 is 0 Å². The molecule has 114 valence electrons. The third kappa shape index (κ3) is 3.60. The molecule has 4 heteroatoms. The van der Waals surface area contributed by atoms with Crippen LogP contribution in [0.5, 0.6) is 0 Å². The monoisotopic (exact) mass is 278 g/mol. The zero-order chi connectivity index (χ0) is 14.5. The fourth-order valence-electron chi connectivity index (χ4n) is 3.66. The Kier molecular flexibility index (Phi) is 5.58. The highest BCUT2D eigenvalue weighted by Gasteiger charge is 2.30. The third-order valence-electron chi connectivity index (χ3n) is 4.87. The lowest BCUT2D eigenvalue weighted by Gasteiger charge is -2.36. The van der Waals surface area contributed by atoms with Gasteiger partial charge in [-0.2, -0.15) is 5.10 Å². The molecule has 3 atom stereocenters. The first-order valence-electron chi connectivity index (χ1n) is 8.18. The molecule has 1 aliphatic carbocycles. The molecule has 20 heavy (non-hydrogen) atoms. The summed E-state index contributed by atoms with van der Waals surface area (Å²) in [6, 6.07) is 0.404. The Hall–Kier alpha value is -0.900. The van der Waals surface area contributed by atoms with Crippen LogP contribution in [0.2, 0.25) is 0 Å². The van der Waals surface area contributed by atoms with Crippen LogP contribution in [0, 0.1) is 17.8 Å². The highest BCUT2D eigenvalue weighted by molar-refractivity contribution is 4.93. The van der Waals surface area contributed by atoms with Crippen molar-refractivity contribution in [3.8, 4) is 0 Å². The average Bonchev–Trinajstić information content (AvgIpc) is 2.89. The SMILES string of the molecule is CCC1CCC(CNC)C(Cc2ncnn2C(C)C)C1. The number of rotatable bonds is 6. The third-order valence-corrected chi connectivity index (χ3v) is 4.87. The summed E-state index contributed by atoms with van der Waals surface area (Å²) < 4.78 is 2.09. The second kappa shape index (κ2) is 7.21. The number of hydrogen-bond acceptors (Lipinski definition) is 3. The van der Waals surface area contributed by atoms with Gasteiger partial charge in [0.1, 0.15) is 12.2 Å². The van der Waals surface area contributed by atoms with Crippen molar-refractivity contribution < 1.29 is 0 Å². The van der Waals surface area contributed by atoms with E-state index in [1.807, 2.05) is 0 Å². The Bertz CT molecular complexity index is 399. The summed E-state index contributed by atoms with van der Waals surface area (Å²) in [7, 11) is 2.07. The van der Waals surface area contributed by atoms with Crippen LogP contribution >= 0.6 is 0 Å². The number of nitrogens with one attached hydrogen (secondary N) is 1. The lowest BCUT2D eigenvalue weighted by Crippen LogP contribution is -2.33. The topological polar surface area (TPSA) is 42.7 Å². The molecule has 0 saturated heterocycles. The molecular formula is C16H30N4. The van der Waals surface area contributed by atoms with Gasteiger partial charge in [-0.1, -0.05) is 19.8 Å². The number of aromatic nitrogens is 3. The molecule has 2 rings (SSSR count). The van der Waals surface area contributed by atoms with E-state index in [2.05, 4.69) is 47.9 Å². The van der Waals surface area contributed by atoms with E-state index in [1.54, 1.807) is 6.33 Å². The molecule has 1 heterocycles. The zero-order valence-corrected chi connectivity index (χ0v) is 13.5. The van der Waals surface area contributed by atoms with Crippen LogP contribution in [-0.2, 0) is 6.42 Å². The van der Waals surface area contributed by atoms with E-state index >= 15 is 0 Å². The number of nitrogens with zero attached hydrogens (tertiary/aromatic N) is 3. The van der Waals surface area contributed by atoms with E-state index in [0.717, 1.165) is 30.7 Å². The van der Waals surface area contributed by atoms with Gasteiger partial charge in [0.15, 0.2) is 0 Å². The van der Waals surface area contributed by atoms with Crippen molar-refractivity contribution in [3.63, 3.8) is 0 Å². The Balaban J connectivity index is 2.08. The van der Waals surface area contributed by atoms with Crippen molar-refractivity contribution >= 4 is 0 Å². The maximum atomic E-state index is 4.51. The van der Waals surface area contributed by atoms with Crippen LogP contribution in [-0.4, -0.2) is 28.4 Å². The standard InChI is InChI=1S/C16H30N4/c1-5-13-6-7-14(10-17-4)15(8-13)9-16-18-11-19-20(16)12(2)3/h11-15,17H,5-10H2,1-4H3. The Labute approximate surface area is 123 Å². The van der Waals surface area contributed by atoms with Gasteiger partial charge in [0.25, 0.3) is 0 Å². The minimum Gasteiger partial charge on any atom is -0.319 e. The Morgan fingerprint density at radius 2 is 2.15 bits per heavy atom. The molecule has 0 spiro atoms. The summed E-state index contributed by atoms with van der Waals surface area (Å²) in [4.78, 5) is 4.51. The van der Waals surface area contributed by atoms with Crippen molar-refractivity contribution in [3.05, 3.63) is 12.2 Å². The largest absolute Gasteiger partial charge is 0.319 e. The van der Waals surface area contributed by atoms with E-state index in [0.29, 0.717) is 6.04 Å². The van der Waals surface area contributed by atoms with Gasteiger partial charge in [-0.15, -0.1) is 0 Å². The summed E-state index contributed by atoms with van der Waals surface area (Å²) in [5, 5.41) is 7.76.